The summed E-state index contributed by atoms with van der Waals surface area (Å²) in [5.41, 5.74) is 0.258. The van der Waals surface area contributed by atoms with Gasteiger partial charge in [-0.05, 0) is 36.2 Å². The highest BCUT2D eigenvalue weighted by Crippen LogP contribution is 2.35. The van der Waals surface area contributed by atoms with E-state index in [1.165, 1.54) is 16.7 Å². The van der Waals surface area contributed by atoms with Crippen molar-refractivity contribution >= 4 is 39.3 Å². The lowest BCUT2D eigenvalue weighted by molar-refractivity contribution is -0.152. The molecule has 0 spiro atoms. The van der Waals surface area contributed by atoms with Crippen molar-refractivity contribution in [2.24, 2.45) is 0 Å². The summed E-state index contributed by atoms with van der Waals surface area (Å²) in [6.07, 6.45) is -5.01. The van der Waals surface area contributed by atoms with Crippen LogP contribution in [0.15, 0.2) is 29.1 Å². The van der Waals surface area contributed by atoms with Gasteiger partial charge in [-0.15, -0.1) is 5.10 Å². The minimum Gasteiger partial charge on any atom is -0.358 e. The average molecular weight is 493 g/mol. The quantitative estimate of drug-likeness (QED) is 0.503. The summed E-state index contributed by atoms with van der Waals surface area (Å²) in [7, 11) is 0. The number of halogens is 3. The zero-order chi connectivity index (χ0) is 23.6. The fraction of sp³-hybridized carbons (Fsp3) is 0.450. The Balaban J connectivity index is 1.39. The van der Waals surface area contributed by atoms with Crippen molar-refractivity contribution in [3.63, 3.8) is 0 Å². The molecule has 10 nitrogen and oxygen atoms in total. The number of benzene rings is 1. The normalized spacial score (nSPS) is 24.1. The van der Waals surface area contributed by atoms with Crippen molar-refractivity contribution in [1.29, 1.82) is 0 Å². The minimum absolute atomic E-state index is 0.0451. The molecule has 34 heavy (non-hydrogen) atoms. The van der Waals surface area contributed by atoms with Gasteiger partial charge in [0.25, 0.3) is 5.56 Å². The summed E-state index contributed by atoms with van der Waals surface area (Å²) in [6.45, 7) is 0.688. The van der Waals surface area contributed by atoms with Crippen LogP contribution in [0.3, 0.4) is 0 Å². The largest absolute Gasteiger partial charge is 0.408 e. The molecule has 178 valence electrons. The van der Waals surface area contributed by atoms with Crippen LogP contribution in [-0.4, -0.2) is 74.6 Å². The number of alkyl halides is 3. The maximum absolute atomic E-state index is 14.0. The number of anilines is 2. The van der Waals surface area contributed by atoms with Gasteiger partial charge >= 0.3 is 6.18 Å². The minimum atomic E-state index is -4.61. The summed E-state index contributed by atoms with van der Waals surface area (Å²) in [4.78, 5) is 31.3. The van der Waals surface area contributed by atoms with E-state index in [9.17, 15) is 22.8 Å². The van der Waals surface area contributed by atoms with E-state index in [0.717, 1.165) is 21.1 Å². The third kappa shape index (κ3) is 3.52. The Morgan fingerprint density at radius 2 is 2.09 bits per heavy atom. The van der Waals surface area contributed by atoms with Crippen LogP contribution in [0, 0.1) is 0 Å². The lowest BCUT2D eigenvalue weighted by atomic mass is 10.1. The molecule has 0 radical (unpaired) electrons. The first-order valence-corrected chi connectivity index (χ1v) is 11.4. The number of ether oxygens (including phenoxy) is 1. The number of carbonyl (C=O) groups excluding carboxylic acids is 1. The van der Waals surface area contributed by atoms with Gasteiger partial charge in [0.05, 0.1) is 23.9 Å². The van der Waals surface area contributed by atoms with Crippen molar-refractivity contribution in [3.8, 4) is 0 Å². The van der Waals surface area contributed by atoms with Crippen molar-refractivity contribution < 1.29 is 22.7 Å². The number of fused-ring (bicyclic) bond motifs is 4. The van der Waals surface area contributed by atoms with E-state index >= 15 is 0 Å². The molecule has 14 heteroatoms. The predicted molar refractivity (Wildman–Crippen MR) is 116 cm³/mol. The lowest BCUT2D eigenvalue weighted by Gasteiger charge is -2.39. The summed E-state index contributed by atoms with van der Waals surface area (Å²) >= 11 is 1.16. The number of ketones is 1. The second-order valence-electron chi connectivity index (χ2n) is 8.45. The number of hydrazine groups is 1. The van der Waals surface area contributed by atoms with E-state index in [4.69, 9.17) is 4.74 Å². The number of hydrogen-bond acceptors (Lipinski definition) is 10. The Bertz CT molecular complexity index is 1340. The highest BCUT2D eigenvalue weighted by atomic mass is 32.1. The van der Waals surface area contributed by atoms with Gasteiger partial charge in [0.2, 0.25) is 5.95 Å². The molecule has 6 rings (SSSR count). The monoisotopic (exact) mass is 493 g/mol. The summed E-state index contributed by atoms with van der Waals surface area (Å²) in [5.74, 6) is -0.447. The van der Waals surface area contributed by atoms with Crippen LogP contribution >= 0.6 is 11.5 Å². The van der Waals surface area contributed by atoms with Crippen molar-refractivity contribution in [2.45, 2.75) is 31.3 Å². The fourth-order valence-corrected chi connectivity index (χ4v) is 5.21. The van der Waals surface area contributed by atoms with E-state index in [-0.39, 0.29) is 36.4 Å². The molecule has 0 N–H and O–H groups in total. The van der Waals surface area contributed by atoms with Gasteiger partial charge in [0, 0.05) is 24.7 Å². The Morgan fingerprint density at radius 1 is 1.24 bits per heavy atom. The van der Waals surface area contributed by atoms with Crippen LogP contribution < -0.4 is 15.5 Å². The van der Waals surface area contributed by atoms with E-state index in [1.54, 1.807) is 17.1 Å². The summed E-state index contributed by atoms with van der Waals surface area (Å²) in [5, 5.41) is 7.52. The Kier molecular flexibility index (Phi) is 4.86. The number of Topliss-reactive ketones (excluding diaryl/α,β-unsaturated/α-hetero) is 1. The van der Waals surface area contributed by atoms with Gasteiger partial charge in [0.1, 0.15) is 18.3 Å². The molecular weight excluding hydrogens is 475 g/mol. The lowest BCUT2D eigenvalue weighted by Crippen LogP contribution is -2.54. The van der Waals surface area contributed by atoms with Gasteiger partial charge in [-0.2, -0.15) is 23.2 Å². The maximum atomic E-state index is 14.0. The Morgan fingerprint density at radius 3 is 2.82 bits per heavy atom. The van der Waals surface area contributed by atoms with Crippen LogP contribution in [0.25, 0.3) is 10.2 Å². The molecule has 2 saturated heterocycles. The summed E-state index contributed by atoms with van der Waals surface area (Å²) in [6, 6.07) is 4.10. The second-order valence-corrected chi connectivity index (χ2v) is 9.23. The zero-order valence-corrected chi connectivity index (χ0v) is 18.4. The molecule has 1 aromatic carbocycles. The number of hydrogen-bond donors (Lipinski definition) is 0. The number of carbonyl (C=O) groups is 1. The molecule has 2 aromatic heterocycles. The van der Waals surface area contributed by atoms with Gasteiger partial charge in [-0.25, -0.2) is 0 Å². The van der Waals surface area contributed by atoms with Crippen molar-refractivity contribution in [1.82, 2.24) is 24.1 Å². The molecule has 2 fully saturated rings. The SMILES string of the molecule is O=C(CN1c2nc(N3C[C@@H]4CN3CO4)cc(=O)n2CC[C@H]1C(F)(F)F)c1ccc2snnc2c1. The molecule has 3 aliphatic rings. The maximum Gasteiger partial charge on any atom is 0.408 e. The van der Waals surface area contributed by atoms with Gasteiger partial charge in [-0.3, -0.25) is 19.2 Å². The molecule has 2 bridgehead atoms. The molecule has 0 saturated carbocycles. The molecular formula is C20H18F3N7O3S. The van der Waals surface area contributed by atoms with E-state index in [2.05, 4.69) is 14.6 Å². The fourth-order valence-electron chi connectivity index (χ4n) is 4.67. The third-order valence-corrected chi connectivity index (χ3v) is 7.06. The van der Waals surface area contributed by atoms with Gasteiger partial charge < -0.3 is 9.64 Å². The van der Waals surface area contributed by atoms with Gasteiger partial charge in [0.15, 0.2) is 11.6 Å². The van der Waals surface area contributed by atoms with Crippen molar-refractivity contribution in [3.05, 3.63) is 40.2 Å². The first-order chi connectivity index (χ1) is 16.3. The average Bonchev–Trinajstić information content (AvgIpc) is 3.55. The van der Waals surface area contributed by atoms with E-state index < -0.39 is 30.1 Å². The summed E-state index contributed by atoms with van der Waals surface area (Å²) < 4.78 is 53.3. The molecule has 0 aliphatic carbocycles. The van der Waals surface area contributed by atoms with Crippen LogP contribution in [0.4, 0.5) is 24.9 Å². The zero-order valence-electron chi connectivity index (χ0n) is 17.6. The van der Waals surface area contributed by atoms with Crippen LogP contribution in [0.1, 0.15) is 16.8 Å². The first kappa shape index (κ1) is 21.4. The number of nitrogens with zero attached hydrogens (tertiary/aromatic N) is 7. The van der Waals surface area contributed by atoms with Crippen LogP contribution in [0.2, 0.25) is 0 Å². The van der Waals surface area contributed by atoms with Crippen molar-refractivity contribution in [2.75, 3.05) is 36.3 Å². The Hall–Kier alpha value is -3.10. The van der Waals surface area contributed by atoms with Crippen LogP contribution in [-0.2, 0) is 11.3 Å². The van der Waals surface area contributed by atoms with E-state index in [1.807, 2.05) is 5.01 Å². The number of aromatic nitrogens is 4. The number of rotatable bonds is 4. The van der Waals surface area contributed by atoms with Gasteiger partial charge in [-0.1, -0.05) is 4.49 Å². The second kappa shape index (κ2) is 7.71. The third-order valence-electron chi connectivity index (χ3n) is 6.35. The Labute approximate surface area is 194 Å². The highest BCUT2D eigenvalue weighted by molar-refractivity contribution is 7.12. The topological polar surface area (TPSA) is 96.7 Å². The standard InChI is InChI=1S/C20H18F3N7O3S/c21-20(22,23)16-3-4-28-18(32)6-17(30-8-12-7-27(30)10-33-12)24-19(28)29(16)9-14(31)11-1-2-15-13(5-11)25-26-34-15/h1-2,5-6,12,16H,3-4,7-10H2/t12-,16-/m0/s1. The highest BCUT2D eigenvalue weighted by Gasteiger charge is 2.48. The van der Waals surface area contributed by atoms with Crippen LogP contribution in [0.5, 0.6) is 0 Å². The molecule has 1 unspecified atom stereocenters. The first-order valence-electron chi connectivity index (χ1n) is 10.6. The van der Waals surface area contributed by atoms with E-state index in [0.29, 0.717) is 25.3 Å². The predicted octanol–water partition coefficient (Wildman–Crippen LogP) is 1.67. The smallest absolute Gasteiger partial charge is 0.358 e. The molecule has 3 atom stereocenters. The molecule has 5 heterocycles. The molecule has 3 aromatic rings. The molecule has 3 aliphatic heterocycles. The molecule has 0 amide bonds.